The van der Waals surface area contributed by atoms with E-state index >= 15 is 0 Å². The molecule has 0 unspecified atom stereocenters. The second-order valence-electron chi connectivity index (χ2n) is 10.8. The molecule has 0 aromatic heterocycles. The van der Waals surface area contributed by atoms with Crippen molar-refractivity contribution >= 4 is 23.2 Å². The van der Waals surface area contributed by atoms with Crippen LogP contribution in [0.3, 0.4) is 0 Å². The van der Waals surface area contributed by atoms with Crippen LogP contribution in [-0.2, 0) is 9.53 Å². The Kier molecular flexibility index (Phi) is 8.73. The molecule has 0 N–H and O–H groups in total. The fraction of sp³-hybridized carbons (Fsp3) is 0.406. The minimum Gasteiger partial charge on any atom is -0.484 e. The summed E-state index contributed by atoms with van der Waals surface area (Å²) in [5, 5.41) is 0.801. The molecule has 3 atom stereocenters. The van der Waals surface area contributed by atoms with Crippen molar-refractivity contribution in [2.75, 3.05) is 44.3 Å². The van der Waals surface area contributed by atoms with Gasteiger partial charge in [-0.15, -0.1) is 0 Å². The van der Waals surface area contributed by atoms with Crippen LogP contribution in [0.5, 0.6) is 5.75 Å². The molecule has 2 aliphatic heterocycles. The Hall–Kier alpha value is -3.09. The van der Waals surface area contributed by atoms with E-state index in [1.54, 1.807) is 17.0 Å². The third kappa shape index (κ3) is 6.39. The van der Waals surface area contributed by atoms with Crippen LogP contribution < -0.4 is 9.64 Å². The Morgan fingerprint density at radius 1 is 1.00 bits per heavy atom. The lowest BCUT2D eigenvalue weighted by Crippen LogP contribution is -2.50. The van der Waals surface area contributed by atoms with Crippen molar-refractivity contribution < 1.29 is 18.7 Å². The Labute approximate surface area is 235 Å². The lowest BCUT2D eigenvalue weighted by atomic mass is 9.76. The van der Waals surface area contributed by atoms with E-state index in [0.29, 0.717) is 56.1 Å². The lowest BCUT2D eigenvalue weighted by Gasteiger charge is -2.39. The molecular formula is C32H36ClFN2O3. The quantitative estimate of drug-likeness (QED) is 0.327. The molecule has 2 aliphatic rings. The molecule has 1 amide bonds. The summed E-state index contributed by atoms with van der Waals surface area (Å²) in [7, 11) is 0. The minimum absolute atomic E-state index is 0.00478. The number of nitrogens with zero attached hydrogens (tertiary/aromatic N) is 2. The largest absolute Gasteiger partial charge is 0.484 e. The fourth-order valence-corrected chi connectivity index (χ4v) is 6.04. The van der Waals surface area contributed by atoms with Crippen LogP contribution in [0.1, 0.15) is 43.4 Å². The zero-order chi connectivity index (χ0) is 27.4. The van der Waals surface area contributed by atoms with Crippen LogP contribution in [0.15, 0.2) is 72.8 Å². The van der Waals surface area contributed by atoms with E-state index in [2.05, 4.69) is 19.9 Å². The van der Waals surface area contributed by atoms with Gasteiger partial charge in [-0.25, -0.2) is 4.39 Å². The van der Waals surface area contributed by atoms with Crippen molar-refractivity contribution in [1.82, 2.24) is 4.90 Å². The molecule has 39 heavy (non-hydrogen) atoms. The number of carbonyl (C=O) groups excluding carboxylic acids is 1. The maximum Gasteiger partial charge on any atom is 0.260 e. The Morgan fingerprint density at radius 2 is 1.69 bits per heavy atom. The van der Waals surface area contributed by atoms with Crippen molar-refractivity contribution in [3.05, 3.63) is 94.8 Å². The molecule has 5 nitrogen and oxygen atoms in total. The summed E-state index contributed by atoms with van der Waals surface area (Å²) in [6.45, 7) is 7.38. The fourth-order valence-electron chi connectivity index (χ4n) is 5.75. The molecule has 5 rings (SSSR count). The maximum absolute atomic E-state index is 14.1. The van der Waals surface area contributed by atoms with Crippen LogP contribution in [0, 0.1) is 17.7 Å². The van der Waals surface area contributed by atoms with Gasteiger partial charge in [0.1, 0.15) is 11.6 Å². The van der Waals surface area contributed by atoms with Crippen LogP contribution in [0.25, 0.3) is 0 Å². The summed E-state index contributed by atoms with van der Waals surface area (Å²) in [6, 6.07) is 22.7. The normalized spacial score (nSPS) is 21.7. The Balaban J connectivity index is 1.14. The minimum atomic E-state index is -0.234. The van der Waals surface area contributed by atoms with Gasteiger partial charge in [0.15, 0.2) is 6.61 Å². The summed E-state index contributed by atoms with van der Waals surface area (Å²) in [6.07, 6.45) is 1.02. The Bertz CT molecular complexity index is 1260. The molecule has 2 fully saturated rings. The molecule has 0 bridgehead atoms. The third-order valence-electron chi connectivity index (χ3n) is 8.02. The zero-order valence-corrected chi connectivity index (χ0v) is 23.3. The highest BCUT2D eigenvalue weighted by molar-refractivity contribution is 6.31. The highest BCUT2D eigenvalue weighted by Gasteiger charge is 2.35. The van der Waals surface area contributed by atoms with Crippen molar-refractivity contribution in [3.63, 3.8) is 0 Å². The second kappa shape index (κ2) is 12.4. The van der Waals surface area contributed by atoms with Gasteiger partial charge in [-0.05, 0) is 59.7 Å². The topological polar surface area (TPSA) is 42.0 Å². The molecule has 206 valence electrons. The van der Waals surface area contributed by atoms with Gasteiger partial charge in [-0.1, -0.05) is 67.9 Å². The first kappa shape index (κ1) is 27.5. The summed E-state index contributed by atoms with van der Waals surface area (Å²) in [5.41, 5.74) is 2.86. The smallest absolute Gasteiger partial charge is 0.260 e. The number of ether oxygens (including phenoxy) is 2. The average Bonchev–Trinajstić information content (AvgIpc) is 2.96. The standard InChI is InChI=1S/C32H36ClFN2O3/c1-22(2)27-19-24(26-7-3-4-8-28(26)33)20-39-32(27)23-11-13-25(14-12-23)38-21-31(37)36-17-15-35(16-18-36)30-10-6-5-9-29(30)34/h3-14,22,24,27,32H,15-21H2,1-2H3/t24-,27-,32-/m0/s1. The first-order valence-electron chi connectivity index (χ1n) is 13.8. The first-order chi connectivity index (χ1) is 18.9. The van der Waals surface area contributed by atoms with Crippen molar-refractivity contribution in [1.29, 1.82) is 0 Å². The first-order valence-corrected chi connectivity index (χ1v) is 14.1. The van der Waals surface area contributed by atoms with E-state index in [1.807, 2.05) is 53.4 Å². The highest BCUT2D eigenvalue weighted by Crippen LogP contribution is 2.44. The van der Waals surface area contributed by atoms with Gasteiger partial charge in [0.25, 0.3) is 5.91 Å². The molecule has 0 spiro atoms. The van der Waals surface area contributed by atoms with Crippen LogP contribution >= 0.6 is 11.6 Å². The molecule has 3 aromatic rings. The van der Waals surface area contributed by atoms with Gasteiger partial charge in [0.2, 0.25) is 0 Å². The summed E-state index contributed by atoms with van der Waals surface area (Å²) in [4.78, 5) is 16.5. The highest BCUT2D eigenvalue weighted by atomic mass is 35.5. The average molecular weight is 551 g/mol. The van der Waals surface area contributed by atoms with E-state index in [4.69, 9.17) is 21.1 Å². The van der Waals surface area contributed by atoms with Crippen LogP contribution in [0.4, 0.5) is 10.1 Å². The second-order valence-corrected chi connectivity index (χ2v) is 11.2. The molecule has 0 aliphatic carbocycles. The molecule has 0 radical (unpaired) electrons. The predicted molar refractivity (Wildman–Crippen MR) is 153 cm³/mol. The number of benzene rings is 3. The molecule has 2 saturated heterocycles. The van der Waals surface area contributed by atoms with Crippen molar-refractivity contribution in [2.24, 2.45) is 11.8 Å². The van der Waals surface area contributed by atoms with Gasteiger partial charge >= 0.3 is 0 Å². The van der Waals surface area contributed by atoms with Gasteiger partial charge in [-0.2, -0.15) is 0 Å². The number of halogens is 2. The molecule has 3 aromatic carbocycles. The van der Waals surface area contributed by atoms with Crippen LogP contribution in [0.2, 0.25) is 5.02 Å². The van der Waals surface area contributed by atoms with Gasteiger partial charge in [0.05, 0.1) is 18.4 Å². The predicted octanol–water partition coefficient (Wildman–Crippen LogP) is 6.72. The van der Waals surface area contributed by atoms with E-state index in [0.717, 1.165) is 22.6 Å². The zero-order valence-electron chi connectivity index (χ0n) is 22.6. The van der Waals surface area contributed by atoms with Crippen molar-refractivity contribution in [3.8, 4) is 5.75 Å². The van der Waals surface area contributed by atoms with E-state index < -0.39 is 0 Å². The van der Waals surface area contributed by atoms with E-state index in [9.17, 15) is 9.18 Å². The van der Waals surface area contributed by atoms with Crippen LogP contribution in [-0.4, -0.2) is 50.2 Å². The number of amides is 1. The number of piperazine rings is 1. The third-order valence-corrected chi connectivity index (χ3v) is 8.36. The molecule has 0 saturated carbocycles. The molecule has 7 heteroatoms. The number of para-hydroxylation sites is 1. The number of rotatable bonds is 7. The molecule has 2 heterocycles. The number of anilines is 1. The van der Waals surface area contributed by atoms with E-state index in [-0.39, 0.29) is 30.4 Å². The SMILES string of the molecule is CC(C)[C@@H]1C[C@H](c2ccccc2Cl)CO[C@H]1c1ccc(OCC(=O)N2CCN(c3ccccc3F)CC2)cc1. The lowest BCUT2D eigenvalue weighted by molar-refractivity contribution is -0.133. The number of hydrogen-bond donors (Lipinski definition) is 0. The molecular weight excluding hydrogens is 515 g/mol. The monoisotopic (exact) mass is 550 g/mol. The van der Waals surface area contributed by atoms with E-state index in [1.165, 1.54) is 6.07 Å². The Morgan fingerprint density at radius 3 is 2.38 bits per heavy atom. The van der Waals surface area contributed by atoms with Gasteiger partial charge in [-0.3, -0.25) is 4.79 Å². The number of hydrogen-bond acceptors (Lipinski definition) is 4. The maximum atomic E-state index is 14.1. The van der Waals surface area contributed by atoms with Crippen molar-refractivity contribution in [2.45, 2.75) is 32.3 Å². The summed E-state index contributed by atoms with van der Waals surface area (Å²) < 4.78 is 26.4. The summed E-state index contributed by atoms with van der Waals surface area (Å²) in [5.74, 6) is 1.45. The van der Waals surface area contributed by atoms with Gasteiger partial charge < -0.3 is 19.3 Å². The number of carbonyl (C=O) groups is 1. The summed E-state index contributed by atoms with van der Waals surface area (Å²) >= 11 is 6.48. The van der Waals surface area contributed by atoms with Gasteiger partial charge in [0, 0.05) is 37.1 Å².